The molecule has 8 nitrogen and oxygen atoms in total. The lowest BCUT2D eigenvalue weighted by molar-refractivity contribution is -0.137. The van der Waals surface area contributed by atoms with Crippen LogP contribution in [0.3, 0.4) is 0 Å². The monoisotopic (exact) mass is 369 g/mol. The van der Waals surface area contributed by atoms with Crippen LogP contribution in [0.15, 0.2) is 36.7 Å². The van der Waals surface area contributed by atoms with Crippen molar-refractivity contribution in [3.05, 3.63) is 48.0 Å². The molecule has 3 heterocycles. The molecule has 2 aliphatic heterocycles. The first-order valence-corrected chi connectivity index (χ1v) is 9.25. The highest BCUT2D eigenvalue weighted by Crippen LogP contribution is 2.21. The molecular formula is C19H23N5O3. The first-order valence-electron chi connectivity index (χ1n) is 9.25. The van der Waals surface area contributed by atoms with Gasteiger partial charge in [0, 0.05) is 19.7 Å². The molecule has 1 aromatic carbocycles. The molecule has 0 radical (unpaired) electrons. The van der Waals surface area contributed by atoms with Crippen molar-refractivity contribution in [3.8, 4) is 0 Å². The number of ether oxygens (including phenoxy) is 1. The van der Waals surface area contributed by atoms with Gasteiger partial charge in [-0.15, -0.1) is 0 Å². The third-order valence-electron chi connectivity index (χ3n) is 5.13. The molecule has 0 aliphatic carbocycles. The smallest absolute Gasteiger partial charge is 0.228 e. The Morgan fingerprint density at radius 1 is 1.19 bits per heavy atom. The number of nitrogens with zero attached hydrogens (tertiary/aromatic N) is 4. The number of benzene rings is 1. The van der Waals surface area contributed by atoms with Gasteiger partial charge < -0.3 is 15.0 Å². The summed E-state index contributed by atoms with van der Waals surface area (Å²) in [6.07, 6.45) is 2.20. The molecular weight excluding hydrogens is 346 g/mol. The maximum atomic E-state index is 12.9. The summed E-state index contributed by atoms with van der Waals surface area (Å²) in [5.41, 5.74) is 1.04. The quantitative estimate of drug-likeness (QED) is 0.852. The second kappa shape index (κ2) is 7.87. The molecule has 0 spiro atoms. The molecule has 4 rings (SSSR count). The summed E-state index contributed by atoms with van der Waals surface area (Å²) in [5.74, 6) is 0.156. The van der Waals surface area contributed by atoms with Crippen LogP contribution >= 0.6 is 0 Å². The van der Waals surface area contributed by atoms with Gasteiger partial charge in [0.05, 0.1) is 31.5 Å². The summed E-state index contributed by atoms with van der Waals surface area (Å²) in [6, 6.07) is 9.77. The third-order valence-corrected chi connectivity index (χ3v) is 5.13. The minimum absolute atomic E-state index is 0.0322. The average molecular weight is 369 g/mol. The van der Waals surface area contributed by atoms with Crippen LogP contribution in [-0.4, -0.2) is 51.2 Å². The predicted molar refractivity (Wildman–Crippen MR) is 96.1 cm³/mol. The molecule has 2 amide bonds. The van der Waals surface area contributed by atoms with Crippen molar-refractivity contribution in [1.29, 1.82) is 0 Å². The molecule has 2 atom stereocenters. The topological polar surface area (TPSA) is 89.3 Å². The van der Waals surface area contributed by atoms with Crippen molar-refractivity contribution >= 4 is 11.8 Å². The Hall–Kier alpha value is -2.74. The Kier molecular flexibility index (Phi) is 5.15. The van der Waals surface area contributed by atoms with E-state index in [1.54, 1.807) is 9.58 Å². The maximum Gasteiger partial charge on any atom is 0.228 e. The number of aromatic nitrogens is 3. The van der Waals surface area contributed by atoms with Crippen LogP contribution in [0.1, 0.15) is 17.8 Å². The lowest BCUT2D eigenvalue weighted by Crippen LogP contribution is -2.43. The van der Waals surface area contributed by atoms with Crippen LogP contribution in [0.2, 0.25) is 0 Å². The first-order chi connectivity index (χ1) is 13.2. The van der Waals surface area contributed by atoms with Gasteiger partial charge in [0.15, 0.2) is 0 Å². The second-order valence-corrected chi connectivity index (χ2v) is 7.04. The zero-order valence-corrected chi connectivity index (χ0v) is 15.1. The molecule has 2 unspecified atom stereocenters. The van der Waals surface area contributed by atoms with Crippen molar-refractivity contribution in [2.75, 3.05) is 19.8 Å². The van der Waals surface area contributed by atoms with E-state index in [2.05, 4.69) is 15.4 Å². The molecule has 2 aliphatic rings. The summed E-state index contributed by atoms with van der Waals surface area (Å²) in [4.78, 5) is 31.7. The van der Waals surface area contributed by atoms with Gasteiger partial charge in [0.1, 0.15) is 12.2 Å². The van der Waals surface area contributed by atoms with E-state index in [0.717, 1.165) is 12.0 Å². The van der Waals surface area contributed by atoms with Crippen LogP contribution in [-0.2, 0) is 34.0 Å². The van der Waals surface area contributed by atoms with Crippen molar-refractivity contribution in [2.45, 2.75) is 26.1 Å². The van der Waals surface area contributed by atoms with Crippen LogP contribution in [0, 0.1) is 11.8 Å². The standard InChI is InChI=1S/C19H23N5O3/c25-18(20-8-14-4-2-1-3-5-14)16-9-23(19(26)15-6-7-27-12-15)11-17-21-13-22-24(17)10-16/h1-5,13,15-16H,6-12H2,(H,20,25). The minimum Gasteiger partial charge on any atom is -0.381 e. The molecule has 0 saturated carbocycles. The minimum atomic E-state index is -0.372. The van der Waals surface area contributed by atoms with Gasteiger partial charge >= 0.3 is 0 Å². The summed E-state index contributed by atoms with van der Waals surface area (Å²) < 4.78 is 7.08. The number of hydrogen-bond donors (Lipinski definition) is 1. The molecule has 142 valence electrons. The highest BCUT2D eigenvalue weighted by atomic mass is 16.5. The highest BCUT2D eigenvalue weighted by molar-refractivity contribution is 5.82. The number of carbonyl (C=O) groups excluding carboxylic acids is 2. The van der Waals surface area contributed by atoms with Crippen molar-refractivity contribution < 1.29 is 14.3 Å². The van der Waals surface area contributed by atoms with E-state index < -0.39 is 0 Å². The van der Waals surface area contributed by atoms with E-state index >= 15 is 0 Å². The largest absolute Gasteiger partial charge is 0.381 e. The maximum absolute atomic E-state index is 12.9. The zero-order chi connectivity index (χ0) is 18.6. The normalized spacial score (nSPS) is 22.1. The van der Waals surface area contributed by atoms with Crippen molar-refractivity contribution in [2.24, 2.45) is 11.8 Å². The van der Waals surface area contributed by atoms with Crippen molar-refractivity contribution in [3.63, 3.8) is 0 Å². The van der Waals surface area contributed by atoms with Gasteiger partial charge in [-0.1, -0.05) is 30.3 Å². The van der Waals surface area contributed by atoms with Crippen LogP contribution in [0.4, 0.5) is 0 Å². The predicted octanol–water partition coefficient (Wildman–Crippen LogP) is 0.589. The van der Waals surface area contributed by atoms with E-state index in [0.29, 0.717) is 45.2 Å². The molecule has 0 bridgehead atoms. The first kappa shape index (κ1) is 17.7. The fourth-order valence-corrected chi connectivity index (χ4v) is 3.58. The van der Waals surface area contributed by atoms with E-state index in [9.17, 15) is 9.59 Å². The van der Waals surface area contributed by atoms with Gasteiger partial charge in [-0.05, 0) is 12.0 Å². The summed E-state index contributed by atoms with van der Waals surface area (Å²) in [6.45, 7) is 2.68. The Morgan fingerprint density at radius 2 is 2.04 bits per heavy atom. The van der Waals surface area contributed by atoms with Gasteiger partial charge in [0.2, 0.25) is 11.8 Å². The van der Waals surface area contributed by atoms with E-state index in [4.69, 9.17) is 4.74 Å². The number of rotatable bonds is 4. The number of hydrogen-bond acceptors (Lipinski definition) is 5. The molecule has 1 saturated heterocycles. The number of carbonyl (C=O) groups is 2. The number of fused-ring (bicyclic) bond motifs is 1. The lowest BCUT2D eigenvalue weighted by atomic mass is 10.0. The van der Waals surface area contributed by atoms with Crippen LogP contribution in [0.5, 0.6) is 0 Å². The molecule has 1 aromatic heterocycles. The molecule has 1 fully saturated rings. The van der Waals surface area contributed by atoms with E-state index in [1.807, 2.05) is 30.3 Å². The molecule has 1 N–H and O–H groups in total. The van der Waals surface area contributed by atoms with Crippen LogP contribution < -0.4 is 5.32 Å². The Morgan fingerprint density at radius 3 is 2.81 bits per heavy atom. The molecule has 2 aromatic rings. The van der Waals surface area contributed by atoms with Gasteiger partial charge in [0.25, 0.3) is 0 Å². The van der Waals surface area contributed by atoms with Crippen LogP contribution in [0.25, 0.3) is 0 Å². The summed E-state index contributed by atoms with van der Waals surface area (Å²) >= 11 is 0. The van der Waals surface area contributed by atoms with E-state index in [-0.39, 0.29) is 23.7 Å². The lowest BCUT2D eigenvalue weighted by Gasteiger charge is -2.25. The Labute approximate surface area is 157 Å². The SMILES string of the molecule is O=C(NCc1ccccc1)C1CN(C(=O)C2CCOC2)Cc2ncnn2C1. The highest BCUT2D eigenvalue weighted by Gasteiger charge is 2.34. The summed E-state index contributed by atoms with van der Waals surface area (Å²) in [5, 5.41) is 7.21. The van der Waals surface area contributed by atoms with Gasteiger partial charge in [-0.3, -0.25) is 9.59 Å². The second-order valence-electron chi connectivity index (χ2n) is 7.04. The Balaban J connectivity index is 1.47. The molecule has 27 heavy (non-hydrogen) atoms. The van der Waals surface area contributed by atoms with Gasteiger partial charge in [-0.2, -0.15) is 5.10 Å². The van der Waals surface area contributed by atoms with Crippen molar-refractivity contribution in [1.82, 2.24) is 25.0 Å². The average Bonchev–Trinajstić information content (AvgIpc) is 3.35. The number of nitrogens with one attached hydrogen (secondary N) is 1. The Bertz CT molecular complexity index is 801. The summed E-state index contributed by atoms with van der Waals surface area (Å²) in [7, 11) is 0. The number of amides is 2. The van der Waals surface area contributed by atoms with E-state index in [1.165, 1.54) is 6.33 Å². The zero-order valence-electron chi connectivity index (χ0n) is 15.1. The van der Waals surface area contributed by atoms with Gasteiger partial charge in [-0.25, -0.2) is 9.67 Å². The molecule has 8 heteroatoms. The fourth-order valence-electron chi connectivity index (χ4n) is 3.58. The fraction of sp³-hybridized carbons (Fsp3) is 0.474. The third kappa shape index (κ3) is 4.00.